The fourth-order valence-corrected chi connectivity index (χ4v) is 2.96. The summed E-state index contributed by atoms with van der Waals surface area (Å²) in [5.74, 6) is -0.504. The molecule has 0 saturated carbocycles. The normalized spacial score (nSPS) is 16.6. The van der Waals surface area contributed by atoms with E-state index in [0.717, 1.165) is 24.8 Å². The van der Waals surface area contributed by atoms with E-state index in [-0.39, 0.29) is 42.8 Å². The minimum Gasteiger partial charge on any atom is -0.481 e. The maximum absolute atomic E-state index is 12.7. The van der Waals surface area contributed by atoms with Crippen molar-refractivity contribution in [1.29, 1.82) is 0 Å². The van der Waals surface area contributed by atoms with Gasteiger partial charge in [-0.05, 0) is 38.7 Å². The lowest BCUT2D eigenvalue weighted by Crippen LogP contribution is -2.31. The van der Waals surface area contributed by atoms with E-state index in [2.05, 4.69) is 5.32 Å². The summed E-state index contributed by atoms with van der Waals surface area (Å²) < 4.78 is 22.6. The van der Waals surface area contributed by atoms with E-state index in [1.165, 1.54) is 6.07 Å². The summed E-state index contributed by atoms with van der Waals surface area (Å²) in [6.07, 6.45) is 2.52. The number of carbonyl (C=O) groups excluding carboxylic acids is 1. The van der Waals surface area contributed by atoms with Crippen LogP contribution >= 0.6 is 0 Å². The minimum absolute atomic E-state index is 0.0425. The smallest absolute Gasteiger partial charge is 0.291 e. The number of benzene rings is 1. The predicted octanol–water partition coefficient (Wildman–Crippen LogP) is 3.40. The van der Waals surface area contributed by atoms with Gasteiger partial charge in [-0.2, -0.15) is 0 Å². The fraction of sp³-hybridized carbons (Fsp3) is 0.455. The highest BCUT2D eigenvalue weighted by molar-refractivity contribution is 5.94. The highest BCUT2D eigenvalue weighted by Gasteiger charge is 2.23. The molecule has 7 heteroatoms. The zero-order chi connectivity index (χ0) is 20.6. The highest BCUT2D eigenvalue weighted by Crippen LogP contribution is 2.20. The molecule has 1 fully saturated rings. The van der Waals surface area contributed by atoms with Crippen molar-refractivity contribution >= 4 is 5.91 Å². The van der Waals surface area contributed by atoms with Crippen molar-refractivity contribution in [3.05, 3.63) is 63.7 Å². The number of nitrogens with one attached hydrogen (secondary N) is 1. The largest absolute Gasteiger partial charge is 0.481 e. The molecular weight excluding hydrogens is 374 g/mol. The summed E-state index contributed by atoms with van der Waals surface area (Å²) in [5, 5.41) is 2.74. The van der Waals surface area contributed by atoms with Crippen LogP contribution in [0.25, 0.3) is 0 Å². The van der Waals surface area contributed by atoms with Crippen molar-refractivity contribution in [2.24, 2.45) is 0 Å². The molecule has 1 aromatic heterocycles. The molecule has 1 N–H and O–H groups in total. The van der Waals surface area contributed by atoms with Gasteiger partial charge >= 0.3 is 0 Å². The van der Waals surface area contributed by atoms with Gasteiger partial charge in [0.15, 0.2) is 6.29 Å². The van der Waals surface area contributed by atoms with Crippen LogP contribution in [0.4, 0.5) is 0 Å². The van der Waals surface area contributed by atoms with E-state index >= 15 is 0 Å². The monoisotopic (exact) mass is 401 g/mol. The number of hydrogen-bond donors (Lipinski definition) is 1. The molecule has 1 unspecified atom stereocenters. The van der Waals surface area contributed by atoms with Gasteiger partial charge in [0.05, 0.1) is 0 Å². The van der Waals surface area contributed by atoms with Gasteiger partial charge in [-0.3, -0.25) is 9.59 Å². The first kappa shape index (κ1) is 21.1. The van der Waals surface area contributed by atoms with Crippen molar-refractivity contribution in [2.75, 3.05) is 6.61 Å². The van der Waals surface area contributed by atoms with Gasteiger partial charge in [0.25, 0.3) is 5.91 Å². The Kier molecular flexibility index (Phi) is 7.43. The van der Waals surface area contributed by atoms with Crippen molar-refractivity contribution < 1.29 is 23.4 Å². The number of hydrogen-bond acceptors (Lipinski definition) is 6. The molecular formula is C22H27NO6. The van der Waals surface area contributed by atoms with Crippen LogP contribution in [0, 0.1) is 0 Å². The topological polar surface area (TPSA) is 87.0 Å². The van der Waals surface area contributed by atoms with Gasteiger partial charge in [0.2, 0.25) is 16.9 Å². The van der Waals surface area contributed by atoms with Crippen LogP contribution in [-0.2, 0) is 22.7 Å². The third-order valence-electron chi connectivity index (χ3n) is 4.36. The zero-order valence-electron chi connectivity index (χ0n) is 16.8. The SMILES string of the molecule is CC(C)NC(=O)c1oc(COC2CCCCO2)cc(=O)c1OCc1ccccc1. The van der Waals surface area contributed by atoms with Crippen LogP contribution in [0.15, 0.2) is 45.6 Å². The summed E-state index contributed by atoms with van der Waals surface area (Å²) in [5.41, 5.74) is 0.452. The van der Waals surface area contributed by atoms with E-state index in [1.54, 1.807) is 0 Å². The van der Waals surface area contributed by atoms with Gasteiger partial charge in [0.1, 0.15) is 19.0 Å². The Labute approximate surface area is 170 Å². The molecule has 1 aromatic carbocycles. The quantitative estimate of drug-likeness (QED) is 0.730. The van der Waals surface area contributed by atoms with E-state index in [4.69, 9.17) is 18.6 Å². The predicted molar refractivity (Wildman–Crippen MR) is 107 cm³/mol. The number of amides is 1. The fourth-order valence-electron chi connectivity index (χ4n) is 2.96. The van der Waals surface area contributed by atoms with Crippen LogP contribution in [-0.4, -0.2) is 24.8 Å². The second-order valence-electron chi connectivity index (χ2n) is 7.24. The second-order valence-corrected chi connectivity index (χ2v) is 7.24. The Morgan fingerprint density at radius 2 is 2.00 bits per heavy atom. The van der Waals surface area contributed by atoms with Crippen LogP contribution in [0.5, 0.6) is 5.75 Å². The molecule has 7 nitrogen and oxygen atoms in total. The maximum atomic E-state index is 12.7. The highest BCUT2D eigenvalue weighted by atomic mass is 16.7. The number of carbonyl (C=O) groups is 1. The second kappa shape index (κ2) is 10.2. The molecule has 1 aliphatic rings. The average Bonchev–Trinajstić information content (AvgIpc) is 2.72. The van der Waals surface area contributed by atoms with Crippen LogP contribution < -0.4 is 15.5 Å². The first-order valence-corrected chi connectivity index (χ1v) is 9.90. The molecule has 1 saturated heterocycles. The summed E-state index contributed by atoms with van der Waals surface area (Å²) in [4.78, 5) is 25.3. The maximum Gasteiger partial charge on any atom is 0.291 e. The number of ether oxygens (including phenoxy) is 3. The van der Waals surface area contributed by atoms with Gasteiger partial charge in [-0.15, -0.1) is 0 Å². The standard InChI is InChI=1S/C22H27NO6/c1-15(2)23-22(25)21-20(28-13-16-8-4-3-5-9-16)18(24)12-17(29-21)14-27-19-10-6-7-11-26-19/h3-5,8-9,12,15,19H,6-7,10-11,13-14H2,1-2H3,(H,23,25). The average molecular weight is 401 g/mol. The third kappa shape index (κ3) is 6.17. The Bertz CT molecular complexity index is 855. The molecule has 2 heterocycles. The van der Waals surface area contributed by atoms with Crippen molar-refractivity contribution in [3.8, 4) is 5.75 Å². The molecule has 29 heavy (non-hydrogen) atoms. The van der Waals surface area contributed by atoms with Crippen LogP contribution in [0.2, 0.25) is 0 Å². The van der Waals surface area contributed by atoms with Crippen LogP contribution in [0.3, 0.4) is 0 Å². The molecule has 0 radical (unpaired) electrons. The summed E-state index contributed by atoms with van der Waals surface area (Å²) >= 11 is 0. The summed E-state index contributed by atoms with van der Waals surface area (Å²) in [7, 11) is 0. The lowest BCUT2D eigenvalue weighted by Gasteiger charge is -2.22. The Hall–Kier alpha value is -2.64. The summed E-state index contributed by atoms with van der Waals surface area (Å²) in [6, 6.07) is 10.6. The molecule has 1 amide bonds. The van der Waals surface area contributed by atoms with Crippen LogP contribution in [0.1, 0.15) is 55.0 Å². The van der Waals surface area contributed by atoms with E-state index < -0.39 is 11.3 Å². The Morgan fingerprint density at radius 1 is 1.21 bits per heavy atom. The first-order chi connectivity index (χ1) is 14.0. The van der Waals surface area contributed by atoms with E-state index in [0.29, 0.717) is 6.61 Å². The lowest BCUT2D eigenvalue weighted by molar-refractivity contribution is -0.171. The Balaban J connectivity index is 1.79. The molecule has 1 atom stereocenters. The zero-order valence-corrected chi connectivity index (χ0v) is 16.8. The van der Waals surface area contributed by atoms with Gasteiger partial charge < -0.3 is 23.9 Å². The van der Waals surface area contributed by atoms with Gasteiger partial charge in [-0.1, -0.05) is 30.3 Å². The Morgan fingerprint density at radius 3 is 2.69 bits per heavy atom. The molecule has 0 bridgehead atoms. The van der Waals surface area contributed by atoms with E-state index in [1.807, 2.05) is 44.2 Å². The van der Waals surface area contributed by atoms with Crippen molar-refractivity contribution in [1.82, 2.24) is 5.32 Å². The van der Waals surface area contributed by atoms with E-state index in [9.17, 15) is 9.59 Å². The molecule has 0 aliphatic carbocycles. The third-order valence-corrected chi connectivity index (χ3v) is 4.36. The first-order valence-electron chi connectivity index (χ1n) is 9.90. The minimum atomic E-state index is -0.504. The molecule has 0 spiro atoms. The van der Waals surface area contributed by atoms with Crippen molar-refractivity contribution in [3.63, 3.8) is 0 Å². The number of rotatable bonds is 8. The molecule has 1 aliphatic heterocycles. The molecule has 3 rings (SSSR count). The lowest BCUT2D eigenvalue weighted by atomic mass is 10.2. The van der Waals surface area contributed by atoms with Gasteiger partial charge in [0, 0.05) is 18.7 Å². The van der Waals surface area contributed by atoms with Crippen molar-refractivity contribution in [2.45, 2.75) is 58.7 Å². The van der Waals surface area contributed by atoms with Gasteiger partial charge in [-0.25, -0.2) is 0 Å². The molecule has 156 valence electrons. The summed E-state index contributed by atoms with van der Waals surface area (Å²) in [6.45, 7) is 4.50. The molecule has 2 aromatic rings.